The molecular weight excluding hydrogens is 320 g/mol. The van der Waals surface area contributed by atoms with Crippen LogP contribution < -0.4 is 0 Å². The standard InChI is InChI=1S/C18H22N4O3/c23-17-4-1-3-14(17)16-12-25-10-9-21(16)18(24)15-11-13(5-7-19-15)22-8-2-6-20-22/h2,5-8,11,14,16-17,23H,1,3-4,9-10,12H2/t14-,16-,17-/m1/s1. The molecule has 0 radical (unpaired) electrons. The summed E-state index contributed by atoms with van der Waals surface area (Å²) in [4.78, 5) is 19.2. The Hall–Kier alpha value is -2.25. The lowest BCUT2D eigenvalue weighted by Gasteiger charge is -2.39. The molecule has 132 valence electrons. The van der Waals surface area contributed by atoms with Crippen LogP contribution in [-0.2, 0) is 4.74 Å². The number of carbonyl (C=O) groups is 1. The van der Waals surface area contributed by atoms with Crippen LogP contribution >= 0.6 is 0 Å². The van der Waals surface area contributed by atoms with Crippen molar-refractivity contribution in [3.05, 3.63) is 42.5 Å². The van der Waals surface area contributed by atoms with Gasteiger partial charge in [0.2, 0.25) is 0 Å². The number of pyridine rings is 1. The second kappa shape index (κ2) is 6.93. The van der Waals surface area contributed by atoms with Crippen molar-refractivity contribution in [2.24, 2.45) is 5.92 Å². The van der Waals surface area contributed by atoms with Crippen LogP contribution in [0.25, 0.3) is 5.69 Å². The minimum absolute atomic E-state index is 0.0820. The van der Waals surface area contributed by atoms with Gasteiger partial charge in [-0.2, -0.15) is 5.10 Å². The Labute approximate surface area is 146 Å². The Kier molecular flexibility index (Phi) is 4.50. The highest BCUT2D eigenvalue weighted by atomic mass is 16.5. The number of hydrogen-bond acceptors (Lipinski definition) is 5. The maximum atomic E-state index is 13.1. The fourth-order valence-electron chi connectivity index (χ4n) is 3.90. The summed E-state index contributed by atoms with van der Waals surface area (Å²) in [6, 6.07) is 5.32. The number of ether oxygens (including phenoxy) is 1. The monoisotopic (exact) mass is 342 g/mol. The van der Waals surface area contributed by atoms with E-state index in [0.29, 0.717) is 25.5 Å². The van der Waals surface area contributed by atoms with Crippen LogP contribution in [0.15, 0.2) is 36.8 Å². The number of hydrogen-bond donors (Lipinski definition) is 1. The zero-order chi connectivity index (χ0) is 17.2. The summed E-state index contributed by atoms with van der Waals surface area (Å²) in [6.07, 6.45) is 7.53. The lowest BCUT2D eigenvalue weighted by molar-refractivity contribution is -0.0385. The fourth-order valence-corrected chi connectivity index (χ4v) is 3.90. The summed E-state index contributed by atoms with van der Waals surface area (Å²) >= 11 is 0. The third-order valence-corrected chi connectivity index (χ3v) is 5.18. The molecule has 3 atom stereocenters. The van der Waals surface area contributed by atoms with Gasteiger partial charge in [-0.25, -0.2) is 4.68 Å². The molecule has 2 aromatic heterocycles. The fraction of sp³-hybridized carbons (Fsp3) is 0.500. The molecule has 0 spiro atoms. The average molecular weight is 342 g/mol. The first kappa shape index (κ1) is 16.2. The van der Waals surface area contributed by atoms with Crippen LogP contribution in [-0.4, -0.2) is 62.6 Å². The van der Waals surface area contributed by atoms with Gasteiger partial charge in [0.1, 0.15) is 5.69 Å². The van der Waals surface area contributed by atoms with Crippen molar-refractivity contribution in [2.75, 3.05) is 19.8 Å². The minimum atomic E-state index is -0.356. The number of aromatic nitrogens is 3. The Morgan fingerprint density at radius 1 is 1.32 bits per heavy atom. The first-order chi connectivity index (χ1) is 12.2. The van der Waals surface area contributed by atoms with Gasteiger partial charge in [0.15, 0.2) is 0 Å². The first-order valence-corrected chi connectivity index (χ1v) is 8.77. The molecule has 4 rings (SSSR count). The molecule has 1 amide bonds. The lowest BCUT2D eigenvalue weighted by atomic mass is 9.94. The van der Waals surface area contributed by atoms with Crippen molar-refractivity contribution in [3.63, 3.8) is 0 Å². The van der Waals surface area contributed by atoms with Crippen molar-refractivity contribution in [3.8, 4) is 5.69 Å². The van der Waals surface area contributed by atoms with Crippen LogP contribution in [0.4, 0.5) is 0 Å². The van der Waals surface area contributed by atoms with E-state index in [0.717, 1.165) is 24.9 Å². The van der Waals surface area contributed by atoms with E-state index in [9.17, 15) is 9.90 Å². The van der Waals surface area contributed by atoms with Crippen LogP contribution in [0, 0.1) is 5.92 Å². The van der Waals surface area contributed by atoms with Crippen molar-refractivity contribution in [1.82, 2.24) is 19.7 Å². The Morgan fingerprint density at radius 3 is 3.00 bits per heavy atom. The summed E-state index contributed by atoms with van der Waals surface area (Å²) < 4.78 is 7.31. The number of amides is 1. The molecule has 1 saturated carbocycles. The maximum absolute atomic E-state index is 13.1. The molecule has 3 heterocycles. The van der Waals surface area contributed by atoms with E-state index in [1.54, 1.807) is 23.1 Å². The zero-order valence-corrected chi connectivity index (χ0v) is 14.0. The summed E-state index contributed by atoms with van der Waals surface area (Å²) in [5.41, 5.74) is 1.20. The highest BCUT2D eigenvalue weighted by Gasteiger charge is 2.40. The summed E-state index contributed by atoms with van der Waals surface area (Å²) in [5.74, 6) is -0.0278. The van der Waals surface area contributed by atoms with Gasteiger partial charge in [0, 0.05) is 31.1 Å². The lowest BCUT2D eigenvalue weighted by Crippen LogP contribution is -2.53. The molecule has 2 aliphatic rings. The highest BCUT2D eigenvalue weighted by Crippen LogP contribution is 2.32. The number of nitrogens with zero attached hydrogens (tertiary/aromatic N) is 4. The molecule has 1 N–H and O–H groups in total. The van der Waals surface area contributed by atoms with Gasteiger partial charge in [0.05, 0.1) is 31.0 Å². The Bertz CT molecular complexity index is 734. The highest BCUT2D eigenvalue weighted by molar-refractivity contribution is 5.93. The summed E-state index contributed by atoms with van der Waals surface area (Å²) in [7, 11) is 0. The molecule has 7 heteroatoms. The van der Waals surface area contributed by atoms with E-state index in [4.69, 9.17) is 4.74 Å². The van der Waals surface area contributed by atoms with Gasteiger partial charge in [0.25, 0.3) is 5.91 Å². The van der Waals surface area contributed by atoms with Crippen molar-refractivity contribution in [1.29, 1.82) is 0 Å². The number of rotatable bonds is 3. The SMILES string of the molecule is O=C(c1cc(-n2cccn2)ccn1)N1CCOC[C@@H]1[C@H]1CCC[C@H]1O. The number of aliphatic hydroxyl groups excluding tert-OH is 1. The van der Waals surface area contributed by atoms with E-state index in [2.05, 4.69) is 10.1 Å². The van der Waals surface area contributed by atoms with Gasteiger partial charge in [-0.1, -0.05) is 6.42 Å². The molecule has 2 aromatic rings. The van der Waals surface area contributed by atoms with E-state index in [-0.39, 0.29) is 24.0 Å². The molecule has 25 heavy (non-hydrogen) atoms. The normalized spacial score (nSPS) is 26.8. The average Bonchev–Trinajstić information content (AvgIpc) is 3.33. The van der Waals surface area contributed by atoms with E-state index < -0.39 is 0 Å². The topological polar surface area (TPSA) is 80.5 Å². The molecule has 2 fully saturated rings. The number of aliphatic hydroxyl groups is 1. The largest absolute Gasteiger partial charge is 0.393 e. The van der Waals surface area contributed by atoms with Gasteiger partial charge in [-0.05, 0) is 31.0 Å². The summed E-state index contributed by atoms with van der Waals surface area (Å²) in [5, 5.41) is 14.5. The van der Waals surface area contributed by atoms with Gasteiger partial charge >= 0.3 is 0 Å². The molecule has 0 aromatic carbocycles. The second-order valence-corrected chi connectivity index (χ2v) is 6.65. The quantitative estimate of drug-likeness (QED) is 0.908. The van der Waals surface area contributed by atoms with Crippen molar-refractivity contribution < 1.29 is 14.6 Å². The van der Waals surface area contributed by atoms with Crippen LogP contribution in [0.1, 0.15) is 29.8 Å². The maximum Gasteiger partial charge on any atom is 0.272 e. The van der Waals surface area contributed by atoms with E-state index in [1.165, 1.54) is 0 Å². The van der Waals surface area contributed by atoms with Crippen molar-refractivity contribution >= 4 is 5.91 Å². The number of carbonyl (C=O) groups excluding carboxylic acids is 1. The van der Waals surface area contributed by atoms with Gasteiger partial charge in [-0.3, -0.25) is 9.78 Å². The van der Waals surface area contributed by atoms with Crippen LogP contribution in [0.3, 0.4) is 0 Å². The molecule has 0 bridgehead atoms. The Morgan fingerprint density at radius 2 is 2.24 bits per heavy atom. The first-order valence-electron chi connectivity index (χ1n) is 8.77. The van der Waals surface area contributed by atoms with Gasteiger partial charge in [-0.15, -0.1) is 0 Å². The predicted molar refractivity (Wildman–Crippen MR) is 90.4 cm³/mol. The van der Waals surface area contributed by atoms with Crippen LogP contribution in [0.2, 0.25) is 0 Å². The molecule has 1 aliphatic carbocycles. The molecular formula is C18H22N4O3. The summed E-state index contributed by atoms with van der Waals surface area (Å²) in [6.45, 7) is 1.52. The number of morpholine rings is 1. The molecule has 0 unspecified atom stereocenters. The third kappa shape index (κ3) is 3.17. The Balaban J connectivity index is 1.59. The minimum Gasteiger partial charge on any atom is -0.393 e. The molecule has 7 nitrogen and oxygen atoms in total. The molecule has 1 aliphatic heterocycles. The molecule has 1 saturated heterocycles. The smallest absolute Gasteiger partial charge is 0.272 e. The van der Waals surface area contributed by atoms with E-state index in [1.807, 2.05) is 23.2 Å². The van der Waals surface area contributed by atoms with Gasteiger partial charge < -0.3 is 14.7 Å². The van der Waals surface area contributed by atoms with E-state index >= 15 is 0 Å². The van der Waals surface area contributed by atoms with Crippen LogP contribution in [0.5, 0.6) is 0 Å². The predicted octanol–water partition coefficient (Wildman–Crippen LogP) is 1.27. The van der Waals surface area contributed by atoms with Crippen molar-refractivity contribution in [2.45, 2.75) is 31.4 Å². The third-order valence-electron chi connectivity index (χ3n) is 5.18. The zero-order valence-electron chi connectivity index (χ0n) is 14.0. The second-order valence-electron chi connectivity index (χ2n) is 6.65.